The third-order valence-electron chi connectivity index (χ3n) is 3.00. The lowest BCUT2D eigenvalue weighted by atomic mass is 10.2. The highest BCUT2D eigenvalue weighted by atomic mass is 16.2. The predicted molar refractivity (Wildman–Crippen MR) is 61.9 cm³/mol. The van der Waals surface area contributed by atoms with E-state index < -0.39 is 23.9 Å². The second kappa shape index (κ2) is 4.40. The van der Waals surface area contributed by atoms with Crippen LogP contribution in [0.2, 0.25) is 0 Å². The molecule has 2 amide bonds. The maximum absolute atomic E-state index is 11.4. The number of nitrogens with two attached hydrogens (primary N) is 2. The van der Waals surface area contributed by atoms with Crippen LogP contribution in [0.5, 0.6) is 0 Å². The quantitative estimate of drug-likeness (QED) is 0.728. The van der Waals surface area contributed by atoms with Gasteiger partial charge in [0.25, 0.3) is 0 Å². The molecule has 0 spiro atoms. The van der Waals surface area contributed by atoms with Crippen LogP contribution in [-0.2, 0) is 9.59 Å². The predicted octanol–water partition coefficient (Wildman–Crippen LogP) is -0.610. The van der Waals surface area contributed by atoms with Crippen molar-refractivity contribution in [1.29, 1.82) is 0 Å². The van der Waals surface area contributed by atoms with Gasteiger partial charge >= 0.3 is 0 Å². The third-order valence-corrected chi connectivity index (χ3v) is 3.00. The van der Waals surface area contributed by atoms with Gasteiger partial charge in [-0.2, -0.15) is 0 Å². The fraction of sp³-hybridized carbons (Fsp3) is 0.364. The average Bonchev–Trinajstić information content (AvgIpc) is 2.74. The van der Waals surface area contributed by atoms with Gasteiger partial charge in [0.05, 0.1) is 0 Å². The molecule has 0 aliphatic carbocycles. The monoisotopic (exact) mass is 234 g/mol. The van der Waals surface area contributed by atoms with Crippen molar-refractivity contribution in [2.75, 3.05) is 4.90 Å². The standard InChI is InChI=1S/C11H14N4O2/c12-10(16)8-1-2-9(11(13)17)15(8)7-3-5-14-6-4-7/h3-6,8-9H,1-2H2,(H2,12,16)(H2,13,17). The number of anilines is 1. The number of carbonyl (C=O) groups is 2. The Labute approximate surface area is 98.6 Å². The Balaban J connectivity index is 2.36. The van der Waals surface area contributed by atoms with Crippen molar-refractivity contribution in [2.45, 2.75) is 24.9 Å². The first kappa shape index (κ1) is 11.4. The Bertz CT molecular complexity index is 412. The first-order valence-corrected chi connectivity index (χ1v) is 5.38. The molecule has 0 aromatic carbocycles. The van der Waals surface area contributed by atoms with Crippen LogP contribution in [0.25, 0.3) is 0 Å². The Kier molecular flexibility index (Phi) is 2.95. The second-order valence-electron chi connectivity index (χ2n) is 4.03. The van der Waals surface area contributed by atoms with Crippen LogP contribution in [-0.4, -0.2) is 28.9 Å². The van der Waals surface area contributed by atoms with E-state index in [1.807, 2.05) is 0 Å². The zero-order valence-corrected chi connectivity index (χ0v) is 9.24. The molecule has 1 aromatic rings. The van der Waals surface area contributed by atoms with Gasteiger partial charge in [0.1, 0.15) is 12.1 Å². The largest absolute Gasteiger partial charge is 0.368 e. The van der Waals surface area contributed by atoms with Gasteiger partial charge in [0.2, 0.25) is 11.8 Å². The molecule has 0 radical (unpaired) electrons. The van der Waals surface area contributed by atoms with E-state index in [-0.39, 0.29) is 0 Å². The lowest BCUT2D eigenvalue weighted by Gasteiger charge is -2.28. The Morgan fingerprint density at radius 1 is 1.12 bits per heavy atom. The minimum Gasteiger partial charge on any atom is -0.368 e. The van der Waals surface area contributed by atoms with E-state index in [1.54, 1.807) is 29.4 Å². The summed E-state index contributed by atoms with van der Waals surface area (Å²) in [6.07, 6.45) is 4.30. The molecule has 90 valence electrons. The lowest BCUT2D eigenvalue weighted by molar-refractivity contribution is -0.119. The molecule has 2 rings (SSSR count). The summed E-state index contributed by atoms with van der Waals surface area (Å²) in [4.78, 5) is 28.3. The molecule has 1 saturated heterocycles. The van der Waals surface area contributed by atoms with Gasteiger partial charge in [-0.3, -0.25) is 14.6 Å². The molecular weight excluding hydrogens is 220 g/mol. The molecular formula is C11H14N4O2. The smallest absolute Gasteiger partial charge is 0.240 e. The highest BCUT2D eigenvalue weighted by Gasteiger charge is 2.39. The maximum Gasteiger partial charge on any atom is 0.240 e. The maximum atomic E-state index is 11.4. The first-order chi connectivity index (χ1) is 8.11. The minimum atomic E-state index is -0.477. The summed E-state index contributed by atoms with van der Waals surface area (Å²) >= 11 is 0. The molecule has 1 fully saturated rings. The van der Waals surface area contributed by atoms with Crippen molar-refractivity contribution >= 4 is 17.5 Å². The number of pyridine rings is 1. The minimum absolute atomic E-state index is 0.439. The normalized spacial score (nSPS) is 23.6. The number of amides is 2. The molecule has 2 heterocycles. The first-order valence-electron chi connectivity index (χ1n) is 5.38. The van der Waals surface area contributed by atoms with E-state index in [4.69, 9.17) is 11.5 Å². The number of carbonyl (C=O) groups excluding carboxylic acids is 2. The number of hydrogen-bond donors (Lipinski definition) is 2. The molecule has 0 saturated carbocycles. The number of hydrogen-bond acceptors (Lipinski definition) is 4. The summed E-state index contributed by atoms with van der Waals surface area (Å²) in [5, 5.41) is 0. The third kappa shape index (κ3) is 2.06. The Morgan fingerprint density at radius 2 is 1.59 bits per heavy atom. The van der Waals surface area contributed by atoms with Crippen LogP contribution < -0.4 is 16.4 Å². The highest BCUT2D eigenvalue weighted by molar-refractivity contribution is 5.91. The fourth-order valence-electron chi connectivity index (χ4n) is 2.25. The van der Waals surface area contributed by atoms with E-state index >= 15 is 0 Å². The Morgan fingerprint density at radius 3 is 2.00 bits per heavy atom. The van der Waals surface area contributed by atoms with Gasteiger partial charge in [-0.05, 0) is 25.0 Å². The number of nitrogens with zero attached hydrogens (tertiary/aromatic N) is 2. The SMILES string of the molecule is NC(=O)C1CCC(C(N)=O)N1c1ccncc1. The van der Waals surface area contributed by atoms with Crippen molar-refractivity contribution in [2.24, 2.45) is 11.5 Å². The molecule has 1 aromatic heterocycles. The summed E-state index contributed by atoms with van der Waals surface area (Å²) in [7, 11) is 0. The van der Waals surface area contributed by atoms with Crippen LogP contribution in [0.15, 0.2) is 24.5 Å². The summed E-state index contributed by atoms with van der Waals surface area (Å²) < 4.78 is 0. The van der Waals surface area contributed by atoms with Crippen LogP contribution in [0.1, 0.15) is 12.8 Å². The molecule has 2 atom stereocenters. The molecule has 6 heteroatoms. The summed E-state index contributed by atoms with van der Waals surface area (Å²) in [6, 6.07) is 2.51. The number of aromatic nitrogens is 1. The van der Waals surface area contributed by atoms with Crippen molar-refractivity contribution in [3.63, 3.8) is 0 Å². The topological polar surface area (TPSA) is 102 Å². The summed E-state index contributed by atoms with van der Waals surface area (Å²) in [5.74, 6) is -0.879. The van der Waals surface area contributed by atoms with Crippen molar-refractivity contribution in [1.82, 2.24) is 4.98 Å². The second-order valence-corrected chi connectivity index (χ2v) is 4.03. The van der Waals surface area contributed by atoms with Crippen LogP contribution in [0.4, 0.5) is 5.69 Å². The van der Waals surface area contributed by atoms with Gasteiger partial charge in [0, 0.05) is 18.1 Å². The van der Waals surface area contributed by atoms with Crippen LogP contribution in [0.3, 0.4) is 0 Å². The van der Waals surface area contributed by atoms with Gasteiger partial charge in [-0.15, -0.1) is 0 Å². The Hall–Kier alpha value is -2.11. The molecule has 6 nitrogen and oxygen atoms in total. The molecule has 17 heavy (non-hydrogen) atoms. The van der Waals surface area contributed by atoms with Crippen LogP contribution in [0, 0.1) is 0 Å². The van der Waals surface area contributed by atoms with E-state index in [0.29, 0.717) is 12.8 Å². The highest BCUT2D eigenvalue weighted by Crippen LogP contribution is 2.29. The zero-order chi connectivity index (χ0) is 12.4. The molecule has 4 N–H and O–H groups in total. The van der Waals surface area contributed by atoms with Crippen LogP contribution >= 0.6 is 0 Å². The van der Waals surface area contributed by atoms with Crippen molar-refractivity contribution < 1.29 is 9.59 Å². The summed E-state index contributed by atoms with van der Waals surface area (Å²) in [5.41, 5.74) is 11.4. The van der Waals surface area contributed by atoms with Gasteiger partial charge in [-0.25, -0.2) is 0 Å². The van der Waals surface area contributed by atoms with E-state index in [9.17, 15) is 9.59 Å². The van der Waals surface area contributed by atoms with Crippen molar-refractivity contribution in [3.8, 4) is 0 Å². The zero-order valence-electron chi connectivity index (χ0n) is 9.24. The van der Waals surface area contributed by atoms with Gasteiger partial charge in [-0.1, -0.05) is 0 Å². The van der Waals surface area contributed by atoms with E-state index in [2.05, 4.69) is 4.98 Å². The van der Waals surface area contributed by atoms with Crippen molar-refractivity contribution in [3.05, 3.63) is 24.5 Å². The average molecular weight is 234 g/mol. The van der Waals surface area contributed by atoms with Gasteiger partial charge in [0.15, 0.2) is 0 Å². The number of primary amides is 2. The lowest BCUT2D eigenvalue weighted by Crippen LogP contribution is -2.48. The number of rotatable bonds is 3. The van der Waals surface area contributed by atoms with Gasteiger partial charge < -0.3 is 16.4 Å². The molecule has 1 aliphatic heterocycles. The molecule has 0 bridgehead atoms. The summed E-state index contributed by atoms with van der Waals surface area (Å²) in [6.45, 7) is 0. The fourth-order valence-corrected chi connectivity index (χ4v) is 2.25. The van der Waals surface area contributed by atoms with E-state index in [1.165, 1.54) is 0 Å². The molecule has 1 aliphatic rings. The molecule has 2 unspecified atom stereocenters. The van der Waals surface area contributed by atoms with E-state index in [0.717, 1.165) is 5.69 Å².